The smallest absolute Gasteiger partial charge is 0.487 e. The molecule has 0 fully saturated rings. The molecular formula is C23H18N4O5. The maximum Gasteiger partial charge on any atom is 0.506 e. The summed E-state index contributed by atoms with van der Waals surface area (Å²) in [5.41, 5.74) is 2.15. The second-order valence-electron chi connectivity index (χ2n) is 6.64. The van der Waals surface area contributed by atoms with Gasteiger partial charge in [0.05, 0.1) is 23.8 Å². The van der Waals surface area contributed by atoms with Crippen molar-refractivity contribution < 1.29 is 19.4 Å². The maximum atomic E-state index is 12.7. The zero-order valence-electron chi connectivity index (χ0n) is 16.8. The SMILES string of the molecule is O=C(O)OCc1c(-c2ncccc2OCc2ccccc2)ccc(=O)n1-c1cncnc1. The Morgan fingerprint density at radius 2 is 1.75 bits per heavy atom. The zero-order valence-corrected chi connectivity index (χ0v) is 16.8. The predicted octanol–water partition coefficient (Wildman–Crippen LogP) is 3.46. The highest BCUT2D eigenvalue weighted by atomic mass is 16.7. The summed E-state index contributed by atoms with van der Waals surface area (Å²) in [5.74, 6) is 0.474. The lowest BCUT2D eigenvalue weighted by Crippen LogP contribution is -2.23. The lowest BCUT2D eigenvalue weighted by atomic mass is 10.1. The van der Waals surface area contributed by atoms with Crippen LogP contribution in [-0.4, -0.2) is 30.8 Å². The van der Waals surface area contributed by atoms with Crippen molar-refractivity contribution in [1.29, 1.82) is 0 Å². The van der Waals surface area contributed by atoms with Crippen molar-refractivity contribution >= 4 is 6.16 Å². The van der Waals surface area contributed by atoms with Gasteiger partial charge in [-0.3, -0.25) is 14.3 Å². The molecule has 32 heavy (non-hydrogen) atoms. The van der Waals surface area contributed by atoms with Crippen LogP contribution in [-0.2, 0) is 18.0 Å². The third-order valence-corrected chi connectivity index (χ3v) is 4.59. The summed E-state index contributed by atoms with van der Waals surface area (Å²) in [4.78, 5) is 36.2. The van der Waals surface area contributed by atoms with Crippen molar-refractivity contribution in [2.75, 3.05) is 0 Å². The molecule has 0 saturated carbocycles. The molecular weight excluding hydrogens is 412 g/mol. The lowest BCUT2D eigenvalue weighted by molar-refractivity contribution is 0.0838. The number of hydrogen-bond acceptors (Lipinski definition) is 7. The molecule has 0 aliphatic heterocycles. The minimum absolute atomic E-state index is 0.276. The molecule has 0 aliphatic rings. The molecule has 1 aromatic carbocycles. The summed E-state index contributed by atoms with van der Waals surface area (Å²) in [5, 5.41) is 9.06. The van der Waals surface area contributed by atoms with Gasteiger partial charge in [-0.1, -0.05) is 30.3 Å². The minimum Gasteiger partial charge on any atom is -0.487 e. The zero-order chi connectivity index (χ0) is 22.3. The van der Waals surface area contributed by atoms with Crippen molar-refractivity contribution in [2.24, 2.45) is 0 Å². The Morgan fingerprint density at radius 3 is 2.50 bits per heavy atom. The van der Waals surface area contributed by atoms with E-state index in [0.717, 1.165) is 5.56 Å². The molecule has 0 amide bonds. The normalized spacial score (nSPS) is 10.5. The molecule has 9 nitrogen and oxygen atoms in total. The molecule has 3 heterocycles. The van der Waals surface area contributed by atoms with Gasteiger partial charge in [0.25, 0.3) is 5.56 Å². The van der Waals surface area contributed by atoms with Crippen molar-refractivity contribution in [2.45, 2.75) is 13.2 Å². The summed E-state index contributed by atoms with van der Waals surface area (Å²) in [7, 11) is 0. The van der Waals surface area contributed by atoms with Gasteiger partial charge in [-0.15, -0.1) is 0 Å². The molecule has 0 atom stereocenters. The van der Waals surface area contributed by atoms with E-state index in [1.165, 1.54) is 29.4 Å². The molecule has 9 heteroatoms. The fourth-order valence-electron chi connectivity index (χ4n) is 3.20. The van der Waals surface area contributed by atoms with Crippen LogP contribution < -0.4 is 10.3 Å². The second kappa shape index (κ2) is 9.52. The van der Waals surface area contributed by atoms with Crippen molar-refractivity contribution in [1.82, 2.24) is 19.5 Å². The first-order chi connectivity index (χ1) is 15.6. The van der Waals surface area contributed by atoms with Crippen LogP contribution in [0.5, 0.6) is 5.75 Å². The van der Waals surface area contributed by atoms with Gasteiger partial charge in [-0.05, 0) is 23.8 Å². The van der Waals surface area contributed by atoms with Crippen LogP contribution in [0.2, 0.25) is 0 Å². The van der Waals surface area contributed by atoms with E-state index >= 15 is 0 Å². The summed E-state index contributed by atoms with van der Waals surface area (Å²) in [6, 6.07) is 16.1. The number of benzene rings is 1. The molecule has 4 rings (SSSR count). The van der Waals surface area contributed by atoms with Crippen LogP contribution in [0, 0.1) is 0 Å². The Bertz CT molecular complexity index is 1280. The fourth-order valence-corrected chi connectivity index (χ4v) is 3.20. The average molecular weight is 430 g/mol. The molecule has 0 aliphatic carbocycles. The quantitative estimate of drug-likeness (QED) is 0.443. The van der Waals surface area contributed by atoms with Crippen LogP contribution in [0.4, 0.5) is 4.79 Å². The van der Waals surface area contributed by atoms with E-state index in [2.05, 4.69) is 15.0 Å². The molecule has 0 radical (unpaired) electrons. The fraction of sp³-hybridized carbons (Fsp3) is 0.0870. The molecule has 4 aromatic rings. The third kappa shape index (κ3) is 4.62. The van der Waals surface area contributed by atoms with Crippen molar-refractivity contribution in [3.05, 3.63) is 101 Å². The van der Waals surface area contributed by atoms with Crippen LogP contribution in [0.1, 0.15) is 11.3 Å². The van der Waals surface area contributed by atoms with Gasteiger partial charge < -0.3 is 14.6 Å². The Balaban J connectivity index is 1.81. The molecule has 0 saturated heterocycles. The predicted molar refractivity (Wildman–Crippen MR) is 114 cm³/mol. The van der Waals surface area contributed by atoms with Crippen LogP contribution in [0.15, 0.2) is 84.3 Å². The van der Waals surface area contributed by atoms with E-state index in [1.807, 2.05) is 30.3 Å². The minimum atomic E-state index is -1.47. The Kier molecular flexibility index (Phi) is 6.17. The largest absolute Gasteiger partial charge is 0.506 e. The molecule has 160 valence electrons. The van der Waals surface area contributed by atoms with Crippen molar-refractivity contribution in [3.8, 4) is 22.7 Å². The number of aromatic nitrogens is 4. The lowest BCUT2D eigenvalue weighted by Gasteiger charge is -2.18. The van der Waals surface area contributed by atoms with Gasteiger partial charge in [0.1, 0.15) is 31.0 Å². The van der Waals surface area contributed by atoms with E-state index in [-0.39, 0.29) is 12.3 Å². The molecule has 1 N–H and O–H groups in total. The first-order valence-electron chi connectivity index (χ1n) is 9.61. The van der Waals surface area contributed by atoms with Gasteiger partial charge in [0.15, 0.2) is 0 Å². The highest BCUT2D eigenvalue weighted by Gasteiger charge is 2.19. The number of hydrogen-bond donors (Lipinski definition) is 1. The number of rotatable bonds is 7. The number of nitrogens with zero attached hydrogens (tertiary/aromatic N) is 4. The highest BCUT2D eigenvalue weighted by molar-refractivity contribution is 5.69. The summed E-state index contributed by atoms with van der Waals surface area (Å²) in [6.45, 7) is -0.0724. The average Bonchev–Trinajstić information content (AvgIpc) is 2.83. The van der Waals surface area contributed by atoms with E-state index in [4.69, 9.17) is 14.6 Å². The first kappa shape index (κ1) is 20.7. The van der Waals surface area contributed by atoms with Gasteiger partial charge in [0, 0.05) is 17.8 Å². The van der Waals surface area contributed by atoms with E-state index in [0.29, 0.717) is 29.3 Å². The number of carbonyl (C=O) groups is 1. The molecule has 0 bridgehead atoms. The first-order valence-corrected chi connectivity index (χ1v) is 9.61. The van der Waals surface area contributed by atoms with Crippen LogP contribution >= 0.6 is 0 Å². The van der Waals surface area contributed by atoms with Crippen LogP contribution in [0.25, 0.3) is 16.9 Å². The highest BCUT2D eigenvalue weighted by Crippen LogP contribution is 2.31. The Morgan fingerprint density at radius 1 is 0.969 bits per heavy atom. The number of ether oxygens (including phenoxy) is 2. The van der Waals surface area contributed by atoms with E-state index in [9.17, 15) is 9.59 Å². The standard InChI is InChI=1S/C23H18N4O5/c28-21-9-8-18(19(14-32-23(29)30)27(21)17-11-24-15-25-12-17)22-20(7-4-10-26-22)31-13-16-5-2-1-3-6-16/h1-12,15H,13-14H2,(H,29,30). The maximum absolute atomic E-state index is 12.7. The Hall–Kier alpha value is -4.53. The topological polar surface area (TPSA) is 116 Å². The van der Waals surface area contributed by atoms with Gasteiger partial charge in [0.2, 0.25) is 0 Å². The van der Waals surface area contributed by atoms with Gasteiger partial charge in [-0.2, -0.15) is 0 Å². The van der Waals surface area contributed by atoms with Crippen molar-refractivity contribution in [3.63, 3.8) is 0 Å². The second-order valence-corrected chi connectivity index (χ2v) is 6.64. The van der Waals surface area contributed by atoms with E-state index < -0.39 is 11.7 Å². The molecule has 0 spiro atoms. The summed E-state index contributed by atoms with van der Waals surface area (Å²) < 4.78 is 12.1. The van der Waals surface area contributed by atoms with Crippen LogP contribution in [0.3, 0.4) is 0 Å². The van der Waals surface area contributed by atoms with Gasteiger partial charge >= 0.3 is 6.16 Å². The molecule has 0 unspecified atom stereocenters. The summed E-state index contributed by atoms with van der Waals surface area (Å²) >= 11 is 0. The van der Waals surface area contributed by atoms with E-state index in [1.54, 1.807) is 24.4 Å². The molecule has 3 aromatic heterocycles. The third-order valence-electron chi connectivity index (χ3n) is 4.59. The number of pyridine rings is 2. The van der Waals surface area contributed by atoms with Gasteiger partial charge in [-0.25, -0.2) is 14.8 Å². The number of carboxylic acid groups (broad SMARTS) is 1. The Labute approximate surface area is 182 Å². The monoisotopic (exact) mass is 430 g/mol. The summed E-state index contributed by atoms with van der Waals surface area (Å²) in [6.07, 6.45) is 4.36.